The van der Waals surface area contributed by atoms with E-state index < -0.39 is 0 Å². The zero-order chi connectivity index (χ0) is 13.0. The van der Waals surface area contributed by atoms with Gasteiger partial charge < -0.3 is 10.2 Å². The van der Waals surface area contributed by atoms with Gasteiger partial charge in [-0.15, -0.1) is 11.3 Å². The molecule has 1 aromatic heterocycles. The van der Waals surface area contributed by atoms with Crippen molar-refractivity contribution in [1.29, 1.82) is 0 Å². The van der Waals surface area contributed by atoms with Gasteiger partial charge in [0.05, 0.1) is 5.69 Å². The zero-order valence-electron chi connectivity index (χ0n) is 11.9. The van der Waals surface area contributed by atoms with Gasteiger partial charge >= 0.3 is 0 Å². The van der Waals surface area contributed by atoms with Gasteiger partial charge in [-0.1, -0.05) is 27.7 Å². The highest BCUT2D eigenvalue weighted by molar-refractivity contribution is 7.15. The maximum absolute atomic E-state index is 4.79. The molecule has 1 rings (SSSR count). The number of nitrogens with one attached hydrogen (secondary N) is 1. The van der Waals surface area contributed by atoms with E-state index in [9.17, 15) is 0 Å². The van der Waals surface area contributed by atoms with E-state index in [0.29, 0.717) is 11.8 Å². The maximum atomic E-state index is 4.79. The third-order valence-corrected chi connectivity index (χ3v) is 3.75. The molecule has 0 atom stereocenters. The van der Waals surface area contributed by atoms with Gasteiger partial charge in [0, 0.05) is 25.0 Å². The van der Waals surface area contributed by atoms with Crippen LogP contribution in [0.25, 0.3) is 0 Å². The van der Waals surface area contributed by atoms with Gasteiger partial charge in [-0.05, 0) is 18.9 Å². The van der Waals surface area contributed by atoms with Gasteiger partial charge in [0.2, 0.25) is 0 Å². The first kappa shape index (κ1) is 14.5. The van der Waals surface area contributed by atoms with Gasteiger partial charge in [-0.3, -0.25) is 0 Å². The van der Waals surface area contributed by atoms with Crippen LogP contribution in [0.3, 0.4) is 0 Å². The SMILES string of the molecule is CNCc1sc(N(C)CC(C)C)nc1C(C)C. The minimum Gasteiger partial charge on any atom is -0.351 e. The minimum atomic E-state index is 0.496. The molecule has 17 heavy (non-hydrogen) atoms. The summed E-state index contributed by atoms with van der Waals surface area (Å²) in [6.07, 6.45) is 0. The molecule has 1 aromatic rings. The third kappa shape index (κ3) is 3.96. The molecule has 4 heteroatoms. The Morgan fingerprint density at radius 1 is 1.29 bits per heavy atom. The molecule has 1 heterocycles. The maximum Gasteiger partial charge on any atom is 0.185 e. The first-order chi connectivity index (χ1) is 7.95. The second kappa shape index (κ2) is 6.36. The van der Waals surface area contributed by atoms with Crippen LogP contribution in [0.5, 0.6) is 0 Å². The van der Waals surface area contributed by atoms with E-state index in [2.05, 4.69) is 45.0 Å². The lowest BCUT2D eigenvalue weighted by atomic mass is 10.1. The largest absolute Gasteiger partial charge is 0.351 e. The van der Waals surface area contributed by atoms with E-state index in [1.165, 1.54) is 10.6 Å². The predicted molar refractivity (Wildman–Crippen MR) is 77.1 cm³/mol. The van der Waals surface area contributed by atoms with E-state index in [-0.39, 0.29) is 0 Å². The number of hydrogen-bond acceptors (Lipinski definition) is 4. The molecule has 3 nitrogen and oxygen atoms in total. The molecule has 0 radical (unpaired) electrons. The summed E-state index contributed by atoms with van der Waals surface area (Å²) in [7, 11) is 4.12. The van der Waals surface area contributed by atoms with Crippen molar-refractivity contribution in [2.45, 2.75) is 40.2 Å². The molecule has 0 unspecified atom stereocenters. The molecule has 0 aliphatic heterocycles. The molecule has 0 bridgehead atoms. The zero-order valence-corrected chi connectivity index (χ0v) is 12.7. The predicted octanol–water partition coefficient (Wildman–Crippen LogP) is 3.08. The Kier molecular flexibility index (Phi) is 5.40. The highest BCUT2D eigenvalue weighted by Crippen LogP contribution is 2.30. The van der Waals surface area contributed by atoms with E-state index in [1.54, 1.807) is 0 Å². The molecule has 0 aromatic carbocycles. The van der Waals surface area contributed by atoms with Crippen LogP contribution in [0.2, 0.25) is 0 Å². The third-order valence-electron chi connectivity index (χ3n) is 2.57. The summed E-state index contributed by atoms with van der Waals surface area (Å²) >= 11 is 1.81. The summed E-state index contributed by atoms with van der Waals surface area (Å²) in [5.41, 5.74) is 1.25. The Morgan fingerprint density at radius 3 is 2.41 bits per heavy atom. The lowest BCUT2D eigenvalue weighted by molar-refractivity contribution is 0.636. The van der Waals surface area contributed by atoms with Crippen molar-refractivity contribution in [3.8, 4) is 0 Å². The number of nitrogens with zero attached hydrogens (tertiary/aromatic N) is 2. The molecule has 0 saturated heterocycles. The summed E-state index contributed by atoms with van der Waals surface area (Å²) in [6.45, 7) is 10.9. The molecule has 0 fully saturated rings. The Balaban J connectivity index is 2.90. The number of thiazole rings is 1. The first-order valence-electron chi connectivity index (χ1n) is 6.31. The van der Waals surface area contributed by atoms with Crippen LogP contribution in [-0.2, 0) is 6.54 Å². The number of aromatic nitrogens is 1. The second-order valence-electron chi connectivity index (χ2n) is 5.26. The summed E-state index contributed by atoms with van der Waals surface area (Å²) < 4.78 is 0. The van der Waals surface area contributed by atoms with Crippen molar-refractivity contribution < 1.29 is 0 Å². The van der Waals surface area contributed by atoms with Gasteiger partial charge in [0.15, 0.2) is 5.13 Å². The highest BCUT2D eigenvalue weighted by atomic mass is 32.1. The monoisotopic (exact) mass is 255 g/mol. The Morgan fingerprint density at radius 2 is 1.94 bits per heavy atom. The van der Waals surface area contributed by atoms with Crippen LogP contribution < -0.4 is 10.2 Å². The minimum absolute atomic E-state index is 0.496. The van der Waals surface area contributed by atoms with Crippen LogP contribution in [-0.4, -0.2) is 25.6 Å². The lowest BCUT2D eigenvalue weighted by Crippen LogP contribution is -2.22. The molecule has 0 amide bonds. The van der Waals surface area contributed by atoms with Gasteiger partial charge in [0.25, 0.3) is 0 Å². The van der Waals surface area contributed by atoms with Crippen LogP contribution >= 0.6 is 11.3 Å². The van der Waals surface area contributed by atoms with E-state index >= 15 is 0 Å². The molecule has 98 valence electrons. The average Bonchev–Trinajstić information content (AvgIpc) is 2.61. The molecular weight excluding hydrogens is 230 g/mol. The fourth-order valence-corrected chi connectivity index (χ4v) is 3.08. The molecule has 0 aliphatic carbocycles. The van der Waals surface area contributed by atoms with Crippen molar-refractivity contribution in [2.75, 3.05) is 25.5 Å². The molecule has 1 N–H and O–H groups in total. The van der Waals surface area contributed by atoms with Crippen LogP contribution in [0.1, 0.15) is 44.2 Å². The topological polar surface area (TPSA) is 28.2 Å². The second-order valence-corrected chi connectivity index (χ2v) is 6.33. The fourth-order valence-electron chi connectivity index (χ4n) is 1.88. The molecule has 0 aliphatic rings. The smallest absolute Gasteiger partial charge is 0.185 e. The highest BCUT2D eigenvalue weighted by Gasteiger charge is 2.16. The normalized spacial score (nSPS) is 11.5. The van der Waals surface area contributed by atoms with Crippen molar-refractivity contribution in [2.24, 2.45) is 5.92 Å². The summed E-state index contributed by atoms with van der Waals surface area (Å²) in [5.74, 6) is 1.16. The van der Waals surface area contributed by atoms with Crippen molar-refractivity contribution in [1.82, 2.24) is 10.3 Å². The molecular formula is C13H25N3S. The standard InChI is InChI=1S/C13H25N3S/c1-9(2)8-16(6)13-15-12(10(3)4)11(17-13)7-14-5/h9-10,14H,7-8H2,1-6H3. The van der Waals surface area contributed by atoms with Crippen molar-refractivity contribution in [3.05, 3.63) is 10.6 Å². The fraction of sp³-hybridized carbons (Fsp3) is 0.769. The summed E-state index contributed by atoms with van der Waals surface area (Å²) in [6, 6.07) is 0. The van der Waals surface area contributed by atoms with Crippen molar-refractivity contribution >= 4 is 16.5 Å². The Bertz CT molecular complexity index is 344. The van der Waals surface area contributed by atoms with Crippen LogP contribution in [0.4, 0.5) is 5.13 Å². The van der Waals surface area contributed by atoms with E-state index in [0.717, 1.165) is 18.2 Å². The van der Waals surface area contributed by atoms with Gasteiger partial charge in [-0.25, -0.2) is 4.98 Å². The van der Waals surface area contributed by atoms with E-state index in [1.807, 2.05) is 18.4 Å². The Labute approximate surface area is 109 Å². The van der Waals surface area contributed by atoms with Crippen molar-refractivity contribution in [3.63, 3.8) is 0 Å². The molecule has 0 saturated carbocycles. The number of anilines is 1. The van der Waals surface area contributed by atoms with E-state index in [4.69, 9.17) is 4.98 Å². The number of rotatable bonds is 6. The van der Waals surface area contributed by atoms with Gasteiger partial charge in [0.1, 0.15) is 0 Å². The number of hydrogen-bond donors (Lipinski definition) is 1. The quantitative estimate of drug-likeness (QED) is 0.846. The van der Waals surface area contributed by atoms with Gasteiger partial charge in [-0.2, -0.15) is 0 Å². The average molecular weight is 255 g/mol. The van der Waals surface area contributed by atoms with Crippen LogP contribution in [0, 0.1) is 5.92 Å². The molecule has 0 spiro atoms. The summed E-state index contributed by atoms with van der Waals surface area (Å²) in [4.78, 5) is 8.42. The lowest BCUT2D eigenvalue weighted by Gasteiger charge is -2.17. The Hall–Kier alpha value is -0.610. The summed E-state index contributed by atoms with van der Waals surface area (Å²) in [5, 5.41) is 4.37. The van der Waals surface area contributed by atoms with Crippen LogP contribution in [0.15, 0.2) is 0 Å². The first-order valence-corrected chi connectivity index (χ1v) is 7.12.